The first kappa shape index (κ1) is 24.3. The van der Waals surface area contributed by atoms with Crippen molar-refractivity contribution in [3.05, 3.63) is 59.7 Å². The fourth-order valence-electron chi connectivity index (χ4n) is 4.03. The molecule has 0 radical (unpaired) electrons. The van der Waals surface area contributed by atoms with Crippen molar-refractivity contribution in [2.45, 2.75) is 46.1 Å². The largest absolute Gasteiger partial charge is 0.481 e. The van der Waals surface area contributed by atoms with E-state index in [0.29, 0.717) is 0 Å². The molecule has 1 atom stereocenters. The van der Waals surface area contributed by atoms with E-state index in [9.17, 15) is 14.4 Å². The van der Waals surface area contributed by atoms with Crippen LogP contribution in [0.15, 0.2) is 48.5 Å². The standard InChI is InChI=1S/C26H32N2O5/c1-16(2)22(13-23(29)30)28-24(31)26(3,4)15-27-25(32)33-14-21-19-11-7-5-9-17(19)18-10-6-8-12-20(18)21/h5-12,16,21-22H,13-15H2,1-4H3,(H,27,32)(H,28,31)(H,29,30)/t22-/m0/s1. The molecule has 0 heterocycles. The lowest BCUT2D eigenvalue weighted by molar-refractivity contribution is -0.138. The Balaban J connectivity index is 1.56. The average molecular weight is 453 g/mol. The number of hydrogen-bond acceptors (Lipinski definition) is 4. The quantitative estimate of drug-likeness (QED) is 0.530. The van der Waals surface area contributed by atoms with E-state index in [1.165, 1.54) is 0 Å². The number of alkyl carbamates (subject to hydrolysis) is 1. The summed E-state index contributed by atoms with van der Waals surface area (Å²) in [6.07, 6.45) is -0.747. The van der Waals surface area contributed by atoms with E-state index in [1.54, 1.807) is 13.8 Å². The van der Waals surface area contributed by atoms with Crippen molar-refractivity contribution in [1.82, 2.24) is 10.6 Å². The highest BCUT2D eigenvalue weighted by molar-refractivity contribution is 5.83. The van der Waals surface area contributed by atoms with Gasteiger partial charge in [-0.15, -0.1) is 0 Å². The normalized spacial score (nSPS) is 13.7. The minimum Gasteiger partial charge on any atom is -0.481 e. The van der Waals surface area contributed by atoms with Gasteiger partial charge in [0.25, 0.3) is 0 Å². The van der Waals surface area contributed by atoms with E-state index < -0.39 is 23.5 Å². The Labute approximate surface area is 194 Å². The number of benzene rings is 2. The molecule has 3 N–H and O–H groups in total. The SMILES string of the molecule is CC(C)[C@H](CC(=O)O)NC(=O)C(C)(C)CNC(=O)OCC1c2ccccc2-c2ccccc21. The highest BCUT2D eigenvalue weighted by atomic mass is 16.5. The van der Waals surface area contributed by atoms with Crippen molar-refractivity contribution in [2.75, 3.05) is 13.2 Å². The lowest BCUT2D eigenvalue weighted by Gasteiger charge is -2.28. The van der Waals surface area contributed by atoms with Crippen LogP contribution >= 0.6 is 0 Å². The van der Waals surface area contributed by atoms with Gasteiger partial charge in [0.2, 0.25) is 5.91 Å². The zero-order chi connectivity index (χ0) is 24.2. The Morgan fingerprint density at radius 2 is 1.55 bits per heavy atom. The summed E-state index contributed by atoms with van der Waals surface area (Å²) in [5.74, 6) is -1.36. The molecule has 7 heteroatoms. The minimum absolute atomic E-state index is 0.0315. The van der Waals surface area contributed by atoms with Gasteiger partial charge in [0.1, 0.15) is 6.61 Å². The first-order valence-electron chi connectivity index (χ1n) is 11.2. The van der Waals surface area contributed by atoms with Crippen molar-refractivity contribution >= 4 is 18.0 Å². The molecular weight excluding hydrogens is 420 g/mol. The van der Waals surface area contributed by atoms with E-state index in [1.807, 2.05) is 38.1 Å². The van der Waals surface area contributed by atoms with Gasteiger partial charge < -0.3 is 20.5 Å². The summed E-state index contributed by atoms with van der Waals surface area (Å²) in [7, 11) is 0. The van der Waals surface area contributed by atoms with Crippen molar-refractivity contribution in [3.63, 3.8) is 0 Å². The maximum absolute atomic E-state index is 12.7. The average Bonchev–Trinajstić information content (AvgIpc) is 3.09. The third-order valence-electron chi connectivity index (χ3n) is 6.15. The summed E-state index contributed by atoms with van der Waals surface area (Å²) in [6.45, 7) is 7.37. The van der Waals surface area contributed by atoms with Crippen LogP contribution in [-0.2, 0) is 14.3 Å². The van der Waals surface area contributed by atoms with E-state index in [-0.39, 0.29) is 37.3 Å². The second kappa shape index (κ2) is 10.1. The molecule has 7 nitrogen and oxygen atoms in total. The zero-order valence-electron chi connectivity index (χ0n) is 19.6. The summed E-state index contributed by atoms with van der Waals surface area (Å²) >= 11 is 0. The Kier molecular flexibility index (Phi) is 7.41. The van der Waals surface area contributed by atoms with Gasteiger partial charge >= 0.3 is 12.1 Å². The number of fused-ring (bicyclic) bond motifs is 3. The molecule has 0 aliphatic heterocycles. The van der Waals surface area contributed by atoms with Gasteiger partial charge in [-0.3, -0.25) is 9.59 Å². The van der Waals surface area contributed by atoms with Gasteiger partial charge in [-0.1, -0.05) is 62.4 Å². The number of hydrogen-bond donors (Lipinski definition) is 3. The number of amides is 2. The topological polar surface area (TPSA) is 105 Å². The third-order valence-corrected chi connectivity index (χ3v) is 6.15. The van der Waals surface area contributed by atoms with Crippen molar-refractivity contribution in [3.8, 4) is 11.1 Å². The van der Waals surface area contributed by atoms with Crippen LogP contribution in [0, 0.1) is 11.3 Å². The number of nitrogens with one attached hydrogen (secondary N) is 2. The van der Waals surface area contributed by atoms with Gasteiger partial charge in [0.05, 0.1) is 11.8 Å². The second-order valence-corrected chi connectivity index (χ2v) is 9.48. The molecule has 0 saturated heterocycles. The molecule has 2 amide bonds. The minimum atomic E-state index is -0.969. The van der Waals surface area contributed by atoms with Crippen molar-refractivity contribution < 1.29 is 24.2 Å². The maximum atomic E-state index is 12.7. The molecule has 176 valence electrons. The van der Waals surface area contributed by atoms with Crippen LogP contribution in [0.25, 0.3) is 11.1 Å². The number of carboxylic acid groups (broad SMARTS) is 1. The first-order valence-corrected chi connectivity index (χ1v) is 11.2. The van der Waals surface area contributed by atoms with Crippen LogP contribution in [0.4, 0.5) is 4.79 Å². The molecule has 2 aromatic carbocycles. The van der Waals surface area contributed by atoms with Crippen LogP contribution in [0.3, 0.4) is 0 Å². The van der Waals surface area contributed by atoms with E-state index in [2.05, 4.69) is 34.9 Å². The molecule has 0 aromatic heterocycles. The second-order valence-electron chi connectivity index (χ2n) is 9.48. The van der Waals surface area contributed by atoms with Crippen LogP contribution in [-0.4, -0.2) is 42.3 Å². The number of carboxylic acids is 1. The van der Waals surface area contributed by atoms with Crippen molar-refractivity contribution in [2.24, 2.45) is 11.3 Å². The number of ether oxygens (including phenoxy) is 1. The number of rotatable bonds is 9. The third kappa shape index (κ3) is 5.72. The Morgan fingerprint density at radius 3 is 2.06 bits per heavy atom. The van der Waals surface area contributed by atoms with Gasteiger partial charge in [0.15, 0.2) is 0 Å². The predicted octanol–water partition coefficient (Wildman–Crippen LogP) is 4.17. The molecule has 2 aromatic rings. The Hall–Kier alpha value is -3.35. The summed E-state index contributed by atoms with van der Waals surface area (Å²) in [5.41, 5.74) is 3.63. The smallest absolute Gasteiger partial charge is 0.407 e. The molecule has 33 heavy (non-hydrogen) atoms. The monoisotopic (exact) mass is 452 g/mol. The van der Waals surface area contributed by atoms with Crippen LogP contribution < -0.4 is 10.6 Å². The number of carbonyl (C=O) groups excluding carboxylic acids is 2. The number of aliphatic carboxylic acids is 1. The van der Waals surface area contributed by atoms with E-state index in [0.717, 1.165) is 22.3 Å². The molecule has 0 saturated carbocycles. The zero-order valence-corrected chi connectivity index (χ0v) is 19.6. The van der Waals surface area contributed by atoms with Gasteiger partial charge in [0, 0.05) is 18.5 Å². The summed E-state index contributed by atoms with van der Waals surface area (Å²) in [6, 6.07) is 15.7. The summed E-state index contributed by atoms with van der Waals surface area (Å²) in [4.78, 5) is 36.2. The summed E-state index contributed by atoms with van der Waals surface area (Å²) < 4.78 is 5.53. The predicted molar refractivity (Wildman–Crippen MR) is 126 cm³/mol. The lowest BCUT2D eigenvalue weighted by Crippen LogP contribution is -2.50. The Morgan fingerprint density at radius 1 is 1.00 bits per heavy atom. The molecule has 0 bridgehead atoms. The van der Waals surface area contributed by atoms with Gasteiger partial charge in [-0.05, 0) is 42.0 Å². The highest BCUT2D eigenvalue weighted by Gasteiger charge is 2.32. The molecule has 0 spiro atoms. The molecule has 3 rings (SSSR count). The fourth-order valence-corrected chi connectivity index (χ4v) is 4.03. The lowest BCUT2D eigenvalue weighted by atomic mass is 9.90. The van der Waals surface area contributed by atoms with Crippen LogP contribution in [0.5, 0.6) is 0 Å². The molecular formula is C26H32N2O5. The molecule has 1 aliphatic carbocycles. The molecule has 0 fully saturated rings. The van der Waals surface area contributed by atoms with Crippen molar-refractivity contribution in [1.29, 1.82) is 0 Å². The highest BCUT2D eigenvalue weighted by Crippen LogP contribution is 2.44. The Bertz CT molecular complexity index is 985. The first-order chi connectivity index (χ1) is 15.6. The van der Waals surface area contributed by atoms with Crippen LogP contribution in [0.2, 0.25) is 0 Å². The van der Waals surface area contributed by atoms with Gasteiger partial charge in [-0.25, -0.2) is 4.79 Å². The molecule has 0 unspecified atom stereocenters. The molecule has 1 aliphatic rings. The maximum Gasteiger partial charge on any atom is 0.407 e. The summed E-state index contributed by atoms with van der Waals surface area (Å²) in [5, 5.41) is 14.6. The van der Waals surface area contributed by atoms with E-state index >= 15 is 0 Å². The fraction of sp³-hybridized carbons (Fsp3) is 0.423. The van der Waals surface area contributed by atoms with Gasteiger partial charge in [-0.2, -0.15) is 0 Å². The van der Waals surface area contributed by atoms with Crippen LogP contribution in [0.1, 0.15) is 51.2 Å². The van der Waals surface area contributed by atoms with E-state index in [4.69, 9.17) is 9.84 Å². The number of carbonyl (C=O) groups is 3.